The van der Waals surface area contributed by atoms with Gasteiger partial charge in [0, 0.05) is 46.9 Å². The molecule has 9 heteroatoms. The van der Waals surface area contributed by atoms with Gasteiger partial charge in [-0.3, -0.25) is 9.78 Å². The first-order chi connectivity index (χ1) is 23.6. The fraction of sp³-hybridized carbons (Fsp3) is 0.154. The number of nitrogens with zero attached hydrogens (tertiary/aromatic N) is 2. The van der Waals surface area contributed by atoms with Crippen molar-refractivity contribution < 1.29 is 23.8 Å². The smallest absolute Gasteiger partial charge is 0.257 e. The first-order valence-electron chi connectivity index (χ1n) is 15.7. The molecular weight excluding hydrogens is 623 g/mol. The quantitative estimate of drug-likeness (QED) is 0.142. The van der Waals surface area contributed by atoms with E-state index in [1.807, 2.05) is 109 Å². The lowest BCUT2D eigenvalue weighted by Gasteiger charge is -2.36. The van der Waals surface area contributed by atoms with Crippen LogP contribution in [-0.2, 0) is 16.1 Å². The van der Waals surface area contributed by atoms with Crippen LogP contribution in [0.15, 0.2) is 143 Å². The molecule has 1 amide bonds. The molecule has 240 valence electrons. The number of oxazole rings is 1. The zero-order chi connectivity index (χ0) is 32.7. The molecule has 7 rings (SSSR count). The average Bonchev–Trinajstić information content (AvgIpc) is 3.60. The standard InChI is InChI=1S/C39H33N3O5S/c43-24-26-13-15-27(16-14-26)34-22-33(45-38(46-34)30-17-19-32(20-18-30)41-37(44)31-12-7-21-40-23-31)25-48-39-42-35(28-8-3-1-4-9-28)36(47-39)29-10-5-2-6-11-29/h1-21,23,33-34,38,43H,22,24-25H2,(H,41,44). The maximum atomic E-state index is 12.6. The minimum Gasteiger partial charge on any atom is -0.431 e. The van der Waals surface area contributed by atoms with Crippen LogP contribution in [0.3, 0.4) is 0 Å². The molecule has 3 heterocycles. The van der Waals surface area contributed by atoms with Crippen LogP contribution in [0, 0.1) is 0 Å². The van der Waals surface area contributed by atoms with Crippen LogP contribution in [0.2, 0.25) is 0 Å². The first-order valence-corrected chi connectivity index (χ1v) is 16.7. The maximum Gasteiger partial charge on any atom is 0.257 e. The summed E-state index contributed by atoms with van der Waals surface area (Å²) in [5.41, 5.74) is 6.55. The number of anilines is 1. The number of ether oxygens (including phenoxy) is 2. The number of rotatable bonds is 10. The Morgan fingerprint density at radius 1 is 0.812 bits per heavy atom. The first kappa shape index (κ1) is 31.5. The molecule has 2 aromatic heterocycles. The molecule has 0 aliphatic carbocycles. The molecule has 3 unspecified atom stereocenters. The van der Waals surface area contributed by atoms with Crippen molar-refractivity contribution in [3.8, 4) is 22.6 Å². The molecular formula is C39H33N3O5S. The van der Waals surface area contributed by atoms with Gasteiger partial charge in [0.1, 0.15) is 5.69 Å². The van der Waals surface area contributed by atoms with Crippen LogP contribution in [0.25, 0.3) is 22.6 Å². The monoisotopic (exact) mass is 655 g/mol. The summed E-state index contributed by atoms with van der Waals surface area (Å²) in [4.78, 5) is 21.6. The van der Waals surface area contributed by atoms with Crippen LogP contribution >= 0.6 is 11.8 Å². The number of nitrogens with one attached hydrogen (secondary N) is 1. The van der Waals surface area contributed by atoms with Crippen LogP contribution < -0.4 is 5.32 Å². The molecule has 0 bridgehead atoms. The third-order valence-electron chi connectivity index (χ3n) is 8.06. The summed E-state index contributed by atoms with van der Waals surface area (Å²) in [6, 6.07) is 38.8. The number of hydrogen-bond acceptors (Lipinski definition) is 8. The molecule has 1 saturated heterocycles. The van der Waals surface area contributed by atoms with Crippen LogP contribution in [0.4, 0.5) is 5.69 Å². The lowest BCUT2D eigenvalue weighted by Crippen LogP contribution is -2.31. The van der Waals surface area contributed by atoms with Crippen molar-refractivity contribution in [1.29, 1.82) is 0 Å². The van der Waals surface area contributed by atoms with Gasteiger partial charge < -0.3 is 24.3 Å². The highest BCUT2D eigenvalue weighted by molar-refractivity contribution is 7.99. The average molecular weight is 656 g/mol. The fourth-order valence-electron chi connectivity index (χ4n) is 5.55. The van der Waals surface area contributed by atoms with Crippen LogP contribution in [-0.4, -0.2) is 32.8 Å². The number of aliphatic hydroxyl groups excluding tert-OH is 1. The van der Waals surface area contributed by atoms with E-state index >= 15 is 0 Å². The summed E-state index contributed by atoms with van der Waals surface area (Å²) in [7, 11) is 0. The lowest BCUT2D eigenvalue weighted by molar-refractivity contribution is -0.245. The molecule has 0 spiro atoms. The Balaban J connectivity index is 1.11. The largest absolute Gasteiger partial charge is 0.431 e. The van der Waals surface area contributed by atoms with Crippen molar-refractivity contribution in [2.45, 2.75) is 36.7 Å². The van der Waals surface area contributed by atoms with Gasteiger partial charge in [0.15, 0.2) is 12.1 Å². The fourth-order valence-corrected chi connectivity index (χ4v) is 6.39. The van der Waals surface area contributed by atoms with Gasteiger partial charge >= 0.3 is 0 Å². The number of amides is 1. The number of carbonyl (C=O) groups excluding carboxylic acids is 1. The summed E-state index contributed by atoms with van der Waals surface area (Å²) in [6.07, 6.45) is 2.72. The minimum absolute atomic E-state index is 0.0213. The number of thioether (sulfide) groups is 1. The molecule has 2 N–H and O–H groups in total. The molecule has 48 heavy (non-hydrogen) atoms. The van der Waals surface area contributed by atoms with Gasteiger partial charge in [-0.05, 0) is 35.4 Å². The van der Waals surface area contributed by atoms with Gasteiger partial charge in [0.25, 0.3) is 11.1 Å². The van der Waals surface area contributed by atoms with Crippen LogP contribution in [0.5, 0.6) is 0 Å². The Morgan fingerprint density at radius 3 is 2.21 bits per heavy atom. The summed E-state index contributed by atoms with van der Waals surface area (Å²) in [6.45, 7) is -0.0213. The second-order valence-corrected chi connectivity index (χ2v) is 12.3. The second-order valence-electron chi connectivity index (χ2n) is 11.4. The number of pyridine rings is 1. The van der Waals surface area contributed by atoms with Crippen molar-refractivity contribution in [3.63, 3.8) is 0 Å². The van der Waals surface area contributed by atoms with Crippen molar-refractivity contribution in [2.24, 2.45) is 0 Å². The second kappa shape index (κ2) is 14.8. The highest BCUT2D eigenvalue weighted by Crippen LogP contribution is 2.41. The van der Waals surface area contributed by atoms with Gasteiger partial charge in [-0.2, -0.15) is 0 Å². The number of benzene rings is 4. The van der Waals surface area contributed by atoms with E-state index in [0.29, 0.717) is 28.6 Å². The van der Waals surface area contributed by atoms with Crippen LogP contribution in [0.1, 0.15) is 45.9 Å². The Kier molecular flexibility index (Phi) is 9.72. The Morgan fingerprint density at radius 2 is 1.52 bits per heavy atom. The van der Waals surface area contributed by atoms with E-state index in [9.17, 15) is 9.90 Å². The van der Waals surface area contributed by atoms with E-state index < -0.39 is 6.29 Å². The highest BCUT2D eigenvalue weighted by atomic mass is 32.2. The summed E-state index contributed by atoms with van der Waals surface area (Å²) in [5, 5.41) is 13.0. The number of aliphatic hydroxyl groups is 1. The zero-order valence-corrected chi connectivity index (χ0v) is 26.8. The van der Waals surface area contributed by atoms with Gasteiger partial charge in [-0.1, -0.05) is 109 Å². The molecule has 1 aliphatic rings. The van der Waals surface area contributed by atoms with Gasteiger partial charge in [0.05, 0.1) is 24.4 Å². The molecule has 4 aromatic carbocycles. The van der Waals surface area contributed by atoms with Crippen molar-refractivity contribution in [2.75, 3.05) is 11.1 Å². The molecule has 0 radical (unpaired) electrons. The maximum absolute atomic E-state index is 12.6. The molecule has 1 aliphatic heterocycles. The normalized spacial score (nSPS) is 17.6. The van der Waals surface area contributed by atoms with Gasteiger partial charge in [-0.25, -0.2) is 4.98 Å². The van der Waals surface area contributed by atoms with Crippen molar-refractivity contribution in [3.05, 3.63) is 156 Å². The predicted octanol–water partition coefficient (Wildman–Crippen LogP) is 8.49. The van der Waals surface area contributed by atoms with E-state index in [4.69, 9.17) is 18.9 Å². The number of hydrogen-bond donors (Lipinski definition) is 2. The van der Waals surface area contributed by atoms with E-state index in [1.165, 1.54) is 18.0 Å². The third kappa shape index (κ3) is 7.40. The summed E-state index contributed by atoms with van der Waals surface area (Å²) in [5.74, 6) is 1.09. The third-order valence-corrected chi connectivity index (χ3v) is 9.02. The molecule has 0 saturated carbocycles. The topological polar surface area (TPSA) is 107 Å². The molecule has 3 atom stereocenters. The number of aromatic nitrogens is 2. The highest BCUT2D eigenvalue weighted by Gasteiger charge is 2.33. The number of carbonyl (C=O) groups is 1. The molecule has 1 fully saturated rings. The Hall–Kier alpha value is -5.06. The van der Waals surface area contributed by atoms with Gasteiger partial charge in [0.2, 0.25) is 0 Å². The van der Waals surface area contributed by atoms with E-state index in [0.717, 1.165) is 39.3 Å². The summed E-state index contributed by atoms with van der Waals surface area (Å²) >= 11 is 1.52. The molecule has 6 aromatic rings. The van der Waals surface area contributed by atoms with Crippen molar-refractivity contribution in [1.82, 2.24) is 9.97 Å². The van der Waals surface area contributed by atoms with E-state index in [-0.39, 0.29) is 24.7 Å². The lowest BCUT2D eigenvalue weighted by atomic mass is 10.0. The predicted molar refractivity (Wildman–Crippen MR) is 185 cm³/mol. The zero-order valence-electron chi connectivity index (χ0n) is 25.9. The Bertz CT molecular complexity index is 1880. The van der Waals surface area contributed by atoms with E-state index in [2.05, 4.69) is 10.3 Å². The van der Waals surface area contributed by atoms with E-state index in [1.54, 1.807) is 18.3 Å². The Labute approximate surface area is 282 Å². The van der Waals surface area contributed by atoms with Gasteiger partial charge in [-0.15, -0.1) is 0 Å². The SMILES string of the molecule is O=C(Nc1ccc(C2OC(CSc3nc(-c4ccccc4)c(-c4ccccc4)o3)CC(c3ccc(CO)cc3)O2)cc1)c1cccnc1. The minimum atomic E-state index is -0.640. The molecule has 8 nitrogen and oxygen atoms in total. The summed E-state index contributed by atoms with van der Waals surface area (Å²) < 4.78 is 19.4. The van der Waals surface area contributed by atoms with Crippen molar-refractivity contribution >= 4 is 23.4 Å².